The minimum absolute atomic E-state index is 0.512. The van der Waals surface area contributed by atoms with Crippen molar-refractivity contribution in [3.05, 3.63) is 47.2 Å². The van der Waals surface area contributed by atoms with Crippen molar-refractivity contribution in [3.63, 3.8) is 0 Å². The Hall–Kier alpha value is -2.21. The molecule has 2 heterocycles. The summed E-state index contributed by atoms with van der Waals surface area (Å²) >= 11 is 5.41. The quantitative estimate of drug-likeness (QED) is 0.796. The summed E-state index contributed by atoms with van der Waals surface area (Å²) in [4.78, 5) is 11.5. The van der Waals surface area contributed by atoms with E-state index in [9.17, 15) is 0 Å². The lowest BCUT2D eigenvalue weighted by Gasteiger charge is -2.34. The van der Waals surface area contributed by atoms with Gasteiger partial charge in [0.05, 0.1) is 0 Å². The Bertz CT molecular complexity index is 759. The van der Waals surface area contributed by atoms with Crippen LogP contribution in [0.2, 0.25) is 0 Å². The van der Waals surface area contributed by atoms with Crippen LogP contribution in [0.1, 0.15) is 43.0 Å². The van der Waals surface area contributed by atoms with E-state index in [1.807, 2.05) is 6.92 Å². The SMILES string of the molecule is Cc1ccc(CNC(=S)Nc2nc(C)cc(N3CCCCC3C)n2)cc1. The molecule has 1 saturated heterocycles. The molecule has 5 nitrogen and oxygen atoms in total. The monoisotopic (exact) mass is 369 g/mol. The minimum atomic E-state index is 0.512. The van der Waals surface area contributed by atoms with E-state index in [4.69, 9.17) is 17.2 Å². The summed E-state index contributed by atoms with van der Waals surface area (Å²) in [6.45, 7) is 8.06. The van der Waals surface area contributed by atoms with Crippen LogP contribution >= 0.6 is 12.2 Å². The summed E-state index contributed by atoms with van der Waals surface area (Å²) in [5.74, 6) is 1.53. The van der Waals surface area contributed by atoms with Crippen molar-refractivity contribution in [1.29, 1.82) is 0 Å². The van der Waals surface area contributed by atoms with Crippen LogP contribution in [0.4, 0.5) is 11.8 Å². The van der Waals surface area contributed by atoms with Crippen LogP contribution in [-0.2, 0) is 6.54 Å². The lowest BCUT2D eigenvalue weighted by atomic mass is 10.0. The highest BCUT2D eigenvalue weighted by Crippen LogP contribution is 2.24. The van der Waals surface area contributed by atoms with Gasteiger partial charge in [-0.05, 0) is 57.8 Å². The molecule has 2 aromatic rings. The Morgan fingerprint density at radius 1 is 1.19 bits per heavy atom. The van der Waals surface area contributed by atoms with Crippen molar-refractivity contribution in [2.75, 3.05) is 16.8 Å². The molecule has 1 aromatic heterocycles. The molecule has 1 aliphatic heterocycles. The number of anilines is 2. The molecule has 0 aliphatic carbocycles. The number of benzene rings is 1. The second-order valence-corrected chi connectivity index (χ2v) is 7.43. The number of nitrogens with zero attached hydrogens (tertiary/aromatic N) is 3. The standard InChI is InChI=1S/C20H27N5S/c1-14-7-9-17(10-8-14)13-21-20(26)24-19-22-15(2)12-18(23-19)25-11-5-4-6-16(25)3/h7-10,12,16H,4-6,11,13H2,1-3H3,(H2,21,22,23,24,26). The highest BCUT2D eigenvalue weighted by Gasteiger charge is 2.20. The average molecular weight is 370 g/mol. The fourth-order valence-electron chi connectivity index (χ4n) is 3.23. The van der Waals surface area contributed by atoms with Crippen molar-refractivity contribution >= 4 is 29.1 Å². The van der Waals surface area contributed by atoms with E-state index >= 15 is 0 Å². The number of hydrogen-bond donors (Lipinski definition) is 2. The summed E-state index contributed by atoms with van der Waals surface area (Å²) in [5, 5.41) is 6.89. The number of piperidine rings is 1. The van der Waals surface area contributed by atoms with Crippen molar-refractivity contribution < 1.29 is 0 Å². The highest BCUT2D eigenvalue weighted by atomic mass is 32.1. The van der Waals surface area contributed by atoms with Gasteiger partial charge in [-0.15, -0.1) is 0 Å². The zero-order valence-electron chi connectivity index (χ0n) is 15.7. The molecule has 1 aliphatic rings. The normalized spacial score (nSPS) is 17.0. The van der Waals surface area contributed by atoms with Crippen LogP contribution in [-0.4, -0.2) is 27.7 Å². The van der Waals surface area contributed by atoms with Gasteiger partial charge in [0, 0.05) is 30.9 Å². The summed E-state index contributed by atoms with van der Waals surface area (Å²) in [7, 11) is 0. The van der Waals surface area contributed by atoms with Crippen molar-refractivity contribution in [2.24, 2.45) is 0 Å². The van der Waals surface area contributed by atoms with Crippen LogP contribution in [0.5, 0.6) is 0 Å². The van der Waals surface area contributed by atoms with Gasteiger partial charge in [0.15, 0.2) is 5.11 Å². The van der Waals surface area contributed by atoms with Gasteiger partial charge in [-0.3, -0.25) is 0 Å². The average Bonchev–Trinajstić information content (AvgIpc) is 2.61. The number of thiocarbonyl (C=S) groups is 1. The van der Waals surface area contributed by atoms with Gasteiger partial charge in [-0.2, -0.15) is 4.98 Å². The maximum absolute atomic E-state index is 5.41. The highest BCUT2D eigenvalue weighted by molar-refractivity contribution is 7.80. The van der Waals surface area contributed by atoms with Crippen LogP contribution in [0.25, 0.3) is 0 Å². The van der Waals surface area contributed by atoms with E-state index < -0.39 is 0 Å². The molecule has 138 valence electrons. The molecule has 0 amide bonds. The third-order valence-corrected chi connectivity index (χ3v) is 4.98. The fourth-order valence-corrected chi connectivity index (χ4v) is 3.39. The first-order chi connectivity index (χ1) is 12.5. The molecule has 3 rings (SSSR count). The number of aryl methyl sites for hydroxylation is 2. The molecular formula is C20H27N5S. The predicted octanol–water partition coefficient (Wildman–Crippen LogP) is 3.96. The second kappa shape index (κ2) is 8.45. The summed E-state index contributed by atoms with van der Waals surface area (Å²) < 4.78 is 0. The molecule has 2 N–H and O–H groups in total. The van der Waals surface area contributed by atoms with Gasteiger partial charge in [-0.25, -0.2) is 4.98 Å². The first-order valence-electron chi connectivity index (χ1n) is 9.24. The number of nitrogens with one attached hydrogen (secondary N) is 2. The van der Waals surface area contributed by atoms with Crippen LogP contribution < -0.4 is 15.5 Å². The smallest absolute Gasteiger partial charge is 0.231 e. The minimum Gasteiger partial charge on any atom is -0.358 e. The zero-order valence-corrected chi connectivity index (χ0v) is 16.6. The van der Waals surface area contributed by atoms with Crippen molar-refractivity contribution in [1.82, 2.24) is 15.3 Å². The van der Waals surface area contributed by atoms with Gasteiger partial charge in [0.25, 0.3) is 0 Å². The van der Waals surface area contributed by atoms with Crippen LogP contribution in [0.15, 0.2) is 30.3 Å². The van der Waals surface area contributed by atoms with Gasteiger partial charge >= 0.3 is 0 Å². The second-order valence-electron chi connectivity index (χ2n) is 7.02. The third-order valence-electron chi connectivity index (χ3n) is 4.74. The van der Waals surface area contributed by atoms with Gasteiger partial charge in [-0.1, -0.05) is 29.8 Å². The van der Waals surface area contributed by atoms with E-state index in [2.05, 4.69) is 64.7 Å². The Kier molecular flexibility index (Phi) is 6.04. The topological polar surface area (TPSA) is 53.1 Å². The number of rotatable bonds is 4. The number of hydrogen-bond acceptors (Lipinski definition) is 4. The first-order valence-corrected chi connectivity index (χ1v) is 9.65. The van der Waals surface area contributed by atoms with Crippen LogP contribution in [0.3, 0.4) is 0 Å². The molecule has 1 fully saturated rings. The lowest BCUT2D eigenvalue weighted by Crippen LogP contribution is -2.38. The van der Waals surface area contributed by atoms with E-state index in [0.717, 1.165) is 18.1 Å². The molecule has 1 unspecified atom stereocenters. The molecule has 0 saturated carbocycles. The molecule has 0 bridgehead atoms. The molecule has 0 radical (unpaired) electrons. The van der Waals surface area contributed by atoms with Gasteiger partial charge in [0.1, 0.15) is 5.82 Å². The number of aromatic nitrogens is 2. The third kappa shape index (κ3) is 4.91. The predicted molar refractivity (Wildman–Crippen MR) is 112 cm³/mol. The fraction of sp³-hybridized carbons (Fsp3) is 0.450. The maximum Gasteiger partial charge on any atom is 0.231 e. The molecule has 1 aromatic carbocycles. The van der Waals surface area contributed by atoms with E-state index in [1.165, 1.54) is 30.4 Å². The Balaban J connectivity index is 1.63. The Morgan fingerprint density at radius 2 is 1.96 bits per heavy atom. The van der Waals surface area contributed by atoms with E-state index in [0.29, 0.717) is 23.6 Å². The molecule has 1 atom stereocenters. The summed E-state index contributed by atoms with van der Waals surface area (Å²) in [5.41, 5.74) is 3.38. The molecule has 26 heavy (non-hydrogen) atoms. The van der Waals surface area contributed by atoms with E-state index in [1.54, 1.807) is 0 Å². The van der Waals surface area contributed by atoms with Crippen molar-refractivity contribution in [3.8, 4) is 0 Å². The molecule has 6 heteroatoms. The molecular weight excluding hydrogens is 342 g/mol. The summed E-state index contributed by atoms with van der Waals surface area (Å²) in [6, 6.07) is 11.0. The first kappa shape index (κ1) is 18.6. The van der Waals surface area contributed by atoms with Crippen LogP contribution in [0, 0.1) is 13.8 Å². The zero-order chi connectivity index (χ0) is 18.5. The lowest BCUT2D eigenvalue weighted by molar-refractivity contribution is 0.481. The van der Waals surface area contributed by atoms with Gasteiger partial charge in [0.2, 0.25) is 5.95 Å². The van der Waals surface area contributed by atoms with Crippen molar-refractivity contribution in [2.45, 2.75) is 52.6 Å². The van der Waals surface area contributed by atoms with Gasteiger partial charge < -0.3 is 15.5 Å². The largest absolute Gasteiger partial charge is 0.358 e. The Labute approximate surface area is 161 Å². The maximum atomic E-state index is 5.41. The Morgan fingerprint density at radius 3 is 2.69 bits per heavy atom. The summed E-state index contributed by atoms with van der Waals surface area (Å²) in [6.07, 6.45) is 3.72. The van der Waals surface area contributed by atoms with E-state index in [-0.39, 0.29) is 0 Å². The molecule has 0 spiro atoms.